The lowest BCUT2D eigenvalue weighted by atomic mass is 9.62. The Morgan fingerprint density at radius 3 is 2.72 bits per heavy atom. The second-order valence-electron chi connectivity index (χ2n) is 10.8. The van der Waals surface area contributed by atoms with E-state index in [4.69, 9.17) is 11.6 Å². The van der Waals surface area contributed by atoms with E-state index in [2.05, 4.69) is 22.4 Å². The standard InChI is InChI=1S/C28H31ClFN5O/c1-17(31-14-18-5-3-6-18)19-9-23-24(25(29)10-19)15-35(26(23)36)22-8-4-7-20(11-22)28(12-21(30)13-28)27-33-32-16-34(27)2/h4,7-11,16-18,21,31H,3,5-6,12-15H2,1-2H3/t17-,21?,28?/m1/s1. The summed E-state index contributed by atoms with van der Waals surface area (Å²) in [5, 5.41) is 12.6. The van der Waals surface area contributed by atoms with E-state index < -0.39 is 11.6 Å². The molecule has 1 aliphatic heterocycles. The first-order chi connectivity index (χ1) is 17.4. The first kappa shape index (κ1) is 23.6. The van der Waals surface area contributed by atoms with E-state index in [0.29, 0.717) is 30.0 Å². The van der Waals surface area contributed by atoms with E-state index in [-0.39, 0.29) is 11.9 Å². The first-order valence-corrected chi connectivity index (χ1v) is 13.2. The minimum absolute atomic E-state index is 0.0539. The van der Waals surface area contributed by atoms with E-state index in [1.54, 1.807) is 11.2 Å². The number of fused-ring (bicyclic) bond motifs is 1. The van der Waals surface area contributed by atoms with Crippen molar-refractivity contribution in [3.63, 3.8) is 0 Å². The first-order valence-electron chi connectivity index (χ1n) is 12.8. The number of alkyl halides is 1. The van der Waals surface area contributed by atoms with E-state index in [9.17, 15) is 9.18 Å². The number of amides is 1. The molecule has 1 N–H and O–H groups in total. The van der Waals surface area contributed by atoms with Crippen LogP contribution in [0.4, 0.5) is 10.1 Å². The van der Waals surface area contributed by atoms with E-state index in [1.165, 1.54) is 19.3 Å². The summed E-state index contributed by atoms with van der Waals surface area (Å²) in [6.07, 6.45) is 5.40. The zero-order chi connectivity index (χ0) is 25.0. The van der Waals surface area contributed by atoms with Gasteiger partial charge in [-0.15, -0.1) is 10.2 Å². The molecule has 6 nitrogen and oxygen atoms in total. The number of hydrogen-bond donors (Lipinski definition) is 1. The zero-order valence-electron chi connectivity index (χ0n) is 20.7. The van der Waals surface area contributed by atoms with Gasteiger partial charge in [0.2, 0.25) is 0 Å². The van der Waals surface area contributed by atoms with Crippen molar-refractivity contribution in [2.75, 3.05) is 11.4 Å². The number of benzene rings is 2. The highest BCUT2D eigenvalue weighted by Crippen LogP contribution is 2.50. The van der Waals surface area contributed by atoms with Crippen LogP contribution in [0.2, 0.25) is 5.02 Å². The maximum Gasteiger partial charge on any atom is 0.258 e. The normalized spacial score (nSPS) is 24.4. The molecular weight excluding hydrogens is 477 g/mol. The molecule has 0 unspecified atom stereocenters. The largest absolute Gasteiger partial charge is 0.320 e. The summed E-state index contributed by atoms with van der Waals surface area (Å²) in [4.78, 5) is 15.4. The average Bonchev–Trinajstić information content (AvgIpc) is 3.39. The molecule has 2 heterocycles. The Hall–Kier alpha value is -2.77. The Kier molecular flexibility index (Phi) is 5.88. The topological polar surface area (TPSA) is 63.1 Å². The molecule has 1 aromatic heterocycles. The molecule has 2 fully saturated rings. The lowest BCUT2D eigenvalue weighted by molar-refractivity contribution is 0.0995. The molecule has 1 amide bonds. The number of aryl methyl sites for hydroxylation is 1. The van der Waals surface area contributed by atoms with Crippen LogP contribution < -0.4 is 10.2 Å². The number of carbonyl (C=O) groups excluding carboxylic acids is 1. The van der Waals surface area contributed by atoms with Crippen LogP contribution in [0.5, 0.6) is 0 Å². The zero-order valence-corrected chi connectivity index (χ0v) is 21.4. The van der Waals surface area contributed by atoms with Gasteiger partial charge in [-0.1, -0.05) is 30.2 Å². The molecule has 6 rings (SSSR count). The smallest absolute Gasteiger partial charge is 0.258 e. The molecule has 8 heteroatoms. The second-order valence-corrected chi connectivity index (χ2v) is 11.2. The molecule has 0 bridgehead atoms. The lowest BCUT2D eigenvalue weighted by Gasteiger charge is -2.43. The van der Waals surface area contributed by atoms with Gasteiger partial charge in [-0.25, -0.2) is 4.39 Å². The van der Waals surface area contributed by atoms with Crippen molar-refractivity contribution in [2.45, 2.75) is 63.2 Å². The minimum atomic E-state index is -0.875. The number of nitrogens with one attached hydrogen (secondary N) is 1. The van der Waals surface area contributed by atoms with Gasteiger partial charge in [0.1, 0.15) is 18.3 Å². The van der Waals surface area contributed by atoms with E-state index in [1.807, 2.05) is 48.0 Å². The third-order valence-corrected chi connectivity index (χ3v) is 8.77. The summed E-state index contributed by atoms with van der Waals surface area (Å²) >= 11 is 6.71. The number of rotatable bonds is 7. The fourth-order valence-corrected chi connectivity index (χ4v) is 6.22. The molecular formula is C28H31ClFN5O. The van der Waals surface area contributed by atoms with Crippen LogP contribution in [0, 0.1) is 5.92 Å². The van der Waals surface area contributed by atoms with Crippen molar-refractivity contribution in [2.24, 2.45) is 13.0 Å². The fraction of sp³-hybridized carbons (Fsp3) is 0.464. The maximum absolute atomic E-state index is 14.2. The molecule has 2 aliphatic carbocycles. The number of hydrogen-bond acceptors (Lipinski definition) is 4. The van der Waals surface area contributed by atoms with Crippen LogP contribution in [-0.4, -0.2) is 33.4 Å². The summed E-state index contributed by atoms with van der Waals surface area (Å²) in [5.74, 6) is 1.46. The van der Waals surface area contributed by atoms with Crippen molar-refractivity contribution < 1.29 is 9.18 Å². The van der Waals surface area contributed by atoms with Gasteiger partial charge in [0.05, 0.1) is 12.0 Å². The Morgan fingerprint density at radius 2 is 2.06 bits per heavy atom. The summed E-state index contributed by atoms with van der Waals surface area (Å²) in [7, 11) is 1.88. The van der Waals surface area contributed by atoms with E-state index in [0.717, 1.165) is 40.7 Å². The molecule has 1 atom stereocenters. The quantitative estimate of drug-likeness (QED) is 0.459. The minimum Gasteiger partial charge on any atom is -0.320 e. The number of carbonyl (C=O) groups is 1. The summed E-state index contributed by atoms with van der Waals surface area (Å²) < 4.78 is 16.1. The van der Waals surface area contributed by atoms with Crippen molar-refractivity contribution in [1.82, 2.24) is 20.1 Å². The summed E-state index contributed by atoms with van der Waals surface area (Å²) in [6, 6.07) is 12.0. The highest BCUT2D eigenvalue weighted by atomic mass is 35.5. The molecule has 2 aromatic carbocycles. The molecule has 2 saturated carbocycles. The fourth-order valence-electron chi connectivity index (χ4n) is 5.93. The van der Waals surface area contributed by atoms with Gasteiger partial charge in [0.15, 0.2) is 0 Å². The molecule has 188 valence electrons. The van der Waals surface area contributed by atoms with Crippen molar-refractivity contribution in [3.05, 3.63) is 75.8 Å². The highest BCUT2D eigenvalue weighted by Gasteiger charge is 2.50. The van der Waals surface area contributed by atoms with Crippen LogP contribution in [0.1, 0.15) is 77.9 Å². The molecule has 36 heavy (non-hydrogen) atoms. The van der Waals surface area contributed by atoms with Crippen LogP contribution >= 0.6 is 11.6 Å². The number of nitrogens with zero attached hydrogens (tertiary/aromatic N) is 4. The third-order valence-electron chi connectivity index (χ3n) is 8.44. The van der Waals surface area contributed by atoms with Gasteiger partial charge >= 0.3 is 0 Å². The number of anilines is 1. The van der Waals surface area contributed by atoms with Crippen molar-refractivity contribution >= 4 is 23.2 Å². The third kappa shape index (κ3) is 3.84. The lowest BCUT2D eigenvalue weighted by Crippen LogP contribution is -2.45. The second kappa shape index (κ2) is 8.96. The molecule has 3 aliphatic rings. The van der Waals surface area contributed by atoms with Crippen LogP contribution in [0.15, 0.2) is 42.7 Å². The molecule has 0 saturated heterocycles. The van der Waals surface area contributed by atoms with Gasteiger partial charge in [-0.05, 0) is 80.5 Å². The number of halogens is 2. The average molecular weight is 508 g/mol. The highest BCUT2D eigenvalue weighted by molar-refractivity contribution is 6.32. The Labute approximate surface area is 215 Å². The van der Waals surface area contributed by atoms with Gasteiger partial charge < -0.3 is 14.8 Å². The maximum atomic E-state index is 14.2. The Morgan fingerprint density at radius 1 is 1.25 bits per heavy atom. The van der Waals surface area contributed by atoms with Crippen LogP contribution in [0.3, 0.4) is 0 Å². The predicted octanol–water partition coefficient (Wildman–Crippen LogP) is 5.50. The number of aromatic nitrogens is 3. The van der Waals surface area contributed by atoms with Crippen molar-refractivity contribution in [1.29, 1.82) is 0 Å². The molecule has 0 spiro atoms. The SMILES string of the molecule is C[C@@H](NCC1CCC1)c1cc(Cl)c2c(c1)C(=O)N(c1cccc(C3(c4nncn4C)CC(F)C3)c1)C2. The van der Waals surface area contributed by atoms with Gasteiger partial charge in [-0.3, -0.25) is 4.79 Å². The van der Waals surface area contributed by atoms with Gasteiger partial charge in [0.25, 0.3) is 5.91 Å². The van der Waals surface area contributed by atoms with Crippen LogP contribution in [-0.2, 0) is 19.0 Å². The van der Waals surface area contributed by atoms with Crippen LogP contribution in [0.25, 0.3) is 0 Å². The molecule has 3 aromatic rings. The monoisotopic (exact) mass is 507 g/mol. The molecule has 0 radical (unpaired) electrons. The Balaban J connectivity index is 1.28. The summed E-state index contributed by atoms with van der Waals surface area (Å²) in [5.41, 5.74) is 3.75. The van der Waals surface area contributed by atoms with Crippen molar-refractivity contribution in [3.8, 4) is 0 Å². The van der Waals surface area contributed by atoms with Gasteiger partial charge in [-0.2, -0.15) is 0 Å². The van der Waals surface area contributed by atoms with Gasteiger partial charge in [0, 0.05) is 34.9 Å². The van der Waals surface area contributed by atoms with E-state index >= 15 is 0 Å². The predicted molar refractivity (Wildman–Crippen MR) is 138 cm³/mol. The Bertz CT molecular complexity index is 1310. The summed E-state index contributed by atoms with van der Waals surface area (Å²) in [6.45, 7) is 3.54.